The summed E-state index contributed by atoms with van der Waals surface area (Å²) >= 11 is 1.62. The number of hydrogen-bond donors (Lipinski definition) is 0. The van der Waals surface area contributed by atoms with Crippen molar-refractivity contribution in [3.63, 3.8) is 0 Å². The molecule has 148 valence electrons. The highest BCUT2D eigenvalue weighted by molar-refractivity contribution is 7.18. The van der Waals surface area contributed by atoms with Crippen LogP contribution in [0.15, 0.2) is 11.1 Å². The molecular weight excluding hydrogens is 364 g/mol. The maximum absolute atomic E-state index is 13.1. The van der Waals surface area contributed by atoms with E-state index in [2.05, 4.69) is 25.8 Å². The van der Waals surface area contributed by atoms with Gasteiger partial charge in [-0.1, -0.05) is 20.8 Å². The molecule has 7 heteroatoms. The van der Waals surface area contributed by atoms with Crippen LogP contribution in [0.5, 0.6) is 0 Å². The molecule has 0 aliphatic heterocycles. The number of rotatable bonds is 5. The minimum atomic E-state index is -0.715. The van der Waals surface area contributed by atoms with Crippen LogP contribution in [-0.4, -0.2) is 35.8 Å². The molecule has 2 aromatic heterocycles. The Bertz CT molecular complexity index is 894. The van der Waals surface area contributed by atoms with Crippen molar-refractivity contribution < 1.29 is 14.3 Å². The van der Waals surface area contributed by atoms with Crippen LogP contribution >= 0.6 is 11.3 Å². The zero-order valence-electron chi connectivity index (χ0n) is 16.7. The minimum absolute atomic E-state index is 0.150. The molecule has 1 aliphatic rings. The van der Waals surface area contributed by atoms with Gasteiger partial charge in [0.15, 0.2) is 0 Å². The number of methoxy groups -OCH3 is 1. The van der Waals surface area contributed by atoms with Crippen molar-refractivity contribution in [2.24, 2.45) is 11.3 Å². The molecule has 0 aromatic carbocycles. The Kier molecular flexibility index (Phi) is 5.72. The van der Waals surface area contributed by atoms with E-state index in [4.69, 9.17) is 9.47 Å². The van der Waals surface area contributed by atoms with E-state index in [1.807, 2.05) is 0 Å². The number of fused-ring (bicyclic) bond motifs is 3. The predicted molar refractivity (Wildman–Crippen MR) is 106 cm³/mol. The number of thiophene rings is 1. The van der Waals surface area contributed by atoms with Crippen molar-refractivity contribution in [3.8, 4) is 0 Å². The van der Waals surface area contributed by atoms with Crippen LogP contribution in [0, 0.1) is 11.3 Å². The molecule has 3 rings (SSSR count). The van der Waals surface area contributed by atoms with Gasteiger partial charge in [-0.05, 0) is 43.1 Å². The predicted octanol–water partition coefficient (Wildman–Crippen LogP) is 3.36. The van der Waals surface area contributed by atoms with Gasteiger partial charge in [0.05, 0.1) is 18.3 Å². The van der Waals surface area contributed by atoms with Gasteiger partial charge < -0.3 is 9.47 Å². The highest BCUT2D eigenvalue weighted by atomic mass is 32.1. The molecule has 0 amide bonds. The van der Waals surface area contributed by atoms with Gasteiger partial charge in [0, 0.05) is 12.0 Å². The molecule has 2 atom stereocenters. The van der Waals surface area contributed by atoms with Crippen LogP contribution < -0.4 is 5.56 Å². The number of aryl methyl sites for hydroxylation is 1. The lowest BCUT2D eigenvalue weighted by molar-refractivity contribution is -0.148. The molecule has 0 spiro atoms. The number of ether oxygens (including phenoxy) is 2. The van der Waals surface area contributed by atoms with Gasteiger partial charge in [0.25, 0.3) is 5.56 Å². The summed E-state index contributed by atoms with van der Waals surface area (Å²) in [5.74, 6) is 0.155. The van der Waals surface area contributed by atoms with Crippen LogP contribution in [-0.2, 0) is 27.1 Å². The Morgan fingerprint density at radius 2 is 2.15 bits per heavy atom. The number of carbonyl (C=O) groups is 1. The van der Waals surface area contributed by atoms with E-state index >= 15 is 0 Å². The summed E-state index contributed by atoms with van der Waals surface area (Å²) in [4.78, 5) is 31.9. The first-order valence-corrected chi connectivity index (χ1v) is 10.2. The van der Waals surface area contributed by atoms with Crippen LogP contribution in [0.2, 0.25) is 0 Å². The fourth-order valence-electron chi connectivity index (χ4n) is 3.65. The Balaban J connectivity index is 1.92. The van der Waals surface area contributed by atoms with Crippen LogP contribution in [0.25, 0.3) is 10.2 Å². The Hall–Kier alpha value is -1.73. The third-order valence-electron chi connectivity index (χ3n) is 5.51. The first-order valence-electron chi connectivity index (χ1n) is 9.41. The lowest BCUT2D eigenvalue weighted by atomic mass is 9.72. The average molecular weight is 393 g/mol. The molecule has 27 heavy (non-hydrogen) atoms. The Morgan fingerprint density at radius 1 is 1.41 bits per heavy atom. The Labute approximate surface area is 163 Å². The second kappa shape index (κ2) is 7.72. The van der Waals surface area contributed by atoms with E-state index in [1.54, 1.807) is 25.4 Å². The van der Waals surface area contributed by atoms with Gasteiger partial charge in [-0.25, -0.2) is 9.78 Å². The van der Waals surface area contributed by atoms with Gasteiger partial charge in [-0.3, -0.25) is 9.36 Å². The zero-order chi connectivity index (χ0) is 19.8. The van der Waals surface area contributed by atoms with Crippen molar-refractivity contribution in [2.75, 3.05) is 20.3 Å². The molecule has 6 nitrogen and oxygen atoms in total. The molecule has 0 bridgehead atoms. The zero-order valence-corrected chi connectivity index (χ0v) is 17.5. The summed E-state index contributed by atoms with van der Waals surface area (Å²) in [5.41, 5.74) is 1.23. The van der Waals surface area contributed by atoms with Gasteiger partial charge in [0.2, 0.25) is 0 Å². The van der Waals surface area contributed by atoms with Crippen LogP contribution in [0.4, 0.5) is 0 Å². The molecule has 0 saturated heterocycles. The van der Waals surface area contributed by atoms with E-state index in [-0.39, 0.29) is 17.6 Å². The average Bonchev–Trinajstić information content (AvgIpc) is 2.99. The second-order valence-corrected chi connectivity index (χ2v) is 9.37. The topological polar surface area (TPSA) is 70.4 Å². The smallest absolute Gasteiger partial charge is 0.329 e. The highest BCUT2D eigenvalue weighted by Crippen LogP contribution is 2.41. The van der Waals surface area contributed by atoms with Crippen molar-refractivity contribution >= 4 is 27.5 Å². The lowest BCUT2D eigenvalue weighted by Gasteiger charge is -2.33. The molecule has 0 N–H and O–H groups in total. The standard InChI is InChI=1S/C20H28N2O4S/c1-12(19(24)26-9-8-25-5)22-11-21-17-16(18(22)23)14-7-6-13(20(2,3)4)10-15(14)27-17/h11-13H,6-10H2,1-5H3. The van der Waals surface area contributed by atoms with Crippen molar-refractivity contribution in [2.45, 2.75) is 53.0 Å². The van der Waals surface area contributed by atoms with Gasteiger partial charge >= 0.3 is 5.97 Å². The highest BCUT2D eigenvalue weighted by Gasteiger charge is 2.32. The van der Waals surface area contributed by atoms with Crippen LogP contribution in [0.3, 0.4) is 0 Å². The fourth-order valence-corrected chi connectivity index (χ4v) is 4.91. The minimum Gasteiger partial charge on any atom is -0.462 e. The molecule has 0 fully saturated rings. The van der Waals surface area contributed by atoms with E-state index in [9.17, 15) is 9.59 Å². The van der Waals surface area contributed by atoms with Crippen LogP contribution in [0.1, 0.15) is 50.6 Å². The maximum atomic E-state index is 13.1. The van der Waals surface area contributed by atoms with E-state index in [1.165, 1.54) is 15.8 Å². The first-order chi connectivity index (χ1) is 12.7. The summed E-state index contributed by atoms with van der Waals surface area (Å²) < 4.78 is 11.4. The summed E-state index contributed by atoms with van der Waals surface area (Å²) in [6.45, 7) is 9.00. The second-order valence-electron chi connectivity index (χ2n) is 8.28. The Morgan fingerprint density at radius 3 is 2.81 bits per heavy atom. The first kappa shape index (κ1) is 20.0. The van der Waals surface area contributed by atoms with Gasteiger partial charge in [0.1, 0.15) is 17.5 Å². The monoisotopic (exact) mass is 392 g/mol. The number of hydrogen-bond acceptors (Lipinski definition) is 6. The van der Waals surface area contributed by atoms with Crippen molar-refractivity contribution in [1.29, 1.82) is 0 Å². The summed E-state index contributed by atoms with van der Waals surface area (Å²) in [6, 6.07) is -0.715. The normalized spacial score (nSPS) is 18.3. The number of aromatic nitrogens is 2. The largest absolute Gasteiger partial charge is 0.462 e. The summed E-state index contributed by atoms with van der Waals surface area (Å²) in [6.07, 6.45) is 4.43. The molecule has 0 radical (unpaired) electrons. The molecule has 2 aromatic rings. The molecule has 2 unspecified atom stereocenters. The number of esters is 1. The summed E-state index contributed by atoms with van der Waals surface area (Å²) in [7, 11) is 1.55. The molecule has 0 saturated carbocycles. The fraction of sp³-hybridized carbons (Fsp3) is 0.650. The maximum Gasteiger partial charge on any atom is 0.329 e. The molecule has 2 heterocycles. The van der Waals surface area contributed by atoms with E-state index in [0.29, 0.717) is 17.9 Å². The lowest BCUT2D eigenvalue weighted by Crippen LogP contribution is -2.31. The molecule has 1 aliphatic carbocycles. The number of nitrogens with zero attached hydrogens (tertiary/aromatic N) is 2. The van der Waals surface area contributed by atoms with Gasteiger partial charge in [-0.2, -0.15) is 0 Å². The van der Waals surface area contributed by atoms with Crippen molar-refractivity contribution in [1.82, 2.24) is 9.55 Å². The summed E-state index contributed by atoms with van der Waals surface area (Å²) in [5, 5.41) is 0.682. The van der Waals surface area contributed by atoms with Gasteiger partial charge in [-0.15, -0.1) is 11.3 Å². The van der Waals surface area contributed by atoms with E-state index < -0.39 is 12.0 Å². The SMILES string of the molecule is COCCOC(=O)C(C)n1cnc2sc3c(c2c1=O)CCC(C(C)(C)C)C3. The van der Waals surface area contributed by atoms with Crippen molar-refractivity contribution in [3.05, 3.63) is 27.1 Å². The third kappa shape index (κ3) is 3.94. The number of carbonyl (C=O) groups excluding carboxylic acids is 1. The molecular formula is C20H28N2O4S. The third-order valence-corrected chi connectivity index (χ3v) is 6.67. The quantitative estimate of drug-likeness (QED) is 0.576. The van der Waals surface area contributed by atoms with E-state index in [0.717, 1.165) is 29.7 Å².